The molecule has 1 saturated heterocycles. The van der Waals surface area contributed by atoms with Crippen LogP contribution in [-0.4, -0.2) is 22.5 Å². The van der Waals surface area contributed by atoms with Gasteiger partial charge >= 0.3 is 0 Å². The topological polar surface area (TPSA) is 62.6 Å². The second kappa shape index (κ2) is 9.02. The van der Waals surface area contributed by atoms with Crippen molar-refractivity contribution < 1.29 is 14.0 Å². The number of benzene rings is 2. The minimum atomic E-state index is -0.110. The molecule has 160 valence electrons. The Labute approximate surface area is 186 Å². The van der Waals surface area contributed by atoms with Gasteiger partial charge in [0.2, 0.25) is 5.91 Å². The van der Waals surface area contributed by atoms with Crippen LogP contribution in [0.5, 0.6) is 0 Å². The third kappa shape index (κ3) is 4.69. The summed E-state index contributed by atoms with van der Waals surface area (Å²) >= 11 is 1.59. The second-order valence-corrected chi connectivity index (χ2v) is 9.01. The second-order valence-electron chi connectivity index (χ2n) is 7.94. The third-order valence-electron chi connectivity index (χ3n) is 5.57. The molecule has 3 aromatic rings. The van der Waals surface area contributed by atoms with Gasteiger partial charge in [0, 0.05) is 5.56 Å². The van der Waals surface area contributed by atoms with Crippen LogP contribution in [0, 0.1) is 13.8 Å². The highest BCUT2D eigenvalue weighted by atomic mass is 32.2. The van der Waals surface area contributed by atoms with Gasteiger partial charge in [0.05, 0.1) is 24.6 Å². The molecule has 0 bridgehead atoms. The molecule has 1 fully saturated rings. The molecule has 1 aliphatic rings. The fourth-order valence-electron chi connectivity index (χ4n) is 3.94. The number of furan rings is 1. The zero-order valence-electron chi connectivity index (χ0n) is 17.9. The molecule has 2 amide bonds. The van der Waals surface area contributed by atoms with Gasteiger partial charge in [0.25, 0.3) is 5.91 Å². The Morgan fingerprint density at radius 3 is 2.65 bits per heavy atom. The largest absolute Gasteiger partial charge is 0.467 e. The van der Waals surface area contributed by atoms with Crippen molar-refractivity contribution >= 4 is 23.6 Å². The van der Waals surface area contributed by atoms with Gasteiger partial charge < -0.3 is 14.6 Å². The molecule has 1 aliphatic heterocycles. The van der Waals surface area contributed by atoms with Crippen molar-refractivity contribution in [1.82, 2.24) is 10.2 Å². The number of hydrogen-bond acceptors (Lipinski definition) is 4. The first-order chi connectivity index (χ1) is 14.9. The zero-order valence-corrected chi connectivity index (χ0v) is 18.7. The first kappa shape index (κ1) is 21.2. The summed E-state index contributed by atoms with van der Waals surface area (Å²) in [4.78, 5) is 27.0. The van der Waals surface area contributed by atoms with Crippen LogP contribution in [0.4, 0.5) is 0 Å². The van der Waals surface area contributed by atoms with Crippen molar-refractivity contribution in [2.45, 2.75) is 38.7 Å². The summed E-state index contributed by atoms with van der Waals surface area (Å²) in [5.41, 5.74) is 5.10. The molecule has 0 aliphatic carbocycles. The Morgan fingerprint density at radius 1 is 1.19 bits per heavy atom. The fourth-order valence-corrected chi connectivity index (χ4v) is 5.13. The van der Waals surface area contributed by atoms with E-state index >= 15 is 0 Å². The Bertz CT molecular complexity index is 1080. The maximum atomic E-state index is 12.8. The average Bonchev–Trinajstić information content (AvgIpc) is 3.38. The van der Waals surface area contributed by atoms with Crippen LogP contribution in [-0.2, 0) is 11.3 Å². The van der Waals surface area contributed by atoms with E-state index in [1.54, 1.807) is 18.0 Å². The van der Waals surface area contributed by atoms with Gasteiger partial charge in [-0.25, -0.2) is 0 Å². The van der Waals surface area contributed by atoms with Crippen LogP contribution in [0.15, 0.2) is 65.3 Å². The number of hydrogen-bond donors (Lipinski definition) is 1. The van der Waals surface area contributed by atoms with Gasteiger partial charge in [-0.1, -0.05) is 35.9 Å². The summed E-state index contributed by atoms with van der Waals surface area (Å²) in [6.07, 6.45) is 1.62. The minimum Gasteiger partial charge on any atom is -0.467 e. The normalized spacial score (nSPS) is 17.1. The standard InChI is InChI=1S/C25H26N2O3S/c1-16-6-11-22(17(2)13-16)18(3)26-24(29)19-7-9-20(10-8-19)25-27(23(28)15-31-25)14-21-5-4-12-30-21/h4-13,18,25H,14-15H2,1-3H3,(H,26,29)/t18-,25-/m1/s1. The summed E-state index contributed by atoms with van der Waals surface area (Å²) in [7, 11) is 0. The molecule has 2 heterocycles. The highest BCUT2D eigenvalue weighted by molar-refractivity contribution is 8.00. The van der Waals surface area contributed by atoms with E-state index in [1.165, 1.54) is 11.1 Å². The van der Waals surface area contributed by atoms with Crippen LogP contribution in [0.2, 0.25) is 0 Å². The van der Waals surface area contributed by atoms with Crippen LogP contribution in [0.1, 0.15) is 56.7 Å². The van der Waals surface area contributed by atoms with E-state index in [2.05, 4.69) is 37.4 Å². The van der Waals surface area contributed by atoms with E-state index in [0.717, 1.165) is 16.9 Å². The van der Waals surface area contributed by atoms with Crippen LogP contribution < -0.4 is 5.32 Å². The summed E-state index contributed by atoms with van der Waals surface area (Å²) in [6, 6.07) is 17.4. The molecular weight excluding hydrogens is 408 g/mol. The summed E-state index contributed by atoms with van der Waals surface area (Å²) < 4.78 is 5.41. The molecule has 31 heavy (non-hydrogen) atoms. The predicted molar refractivity (Wildman–Crippen MR) is 123 cm³/mol. The lowest BCUT2D eigenvalue weighted by molar-refractivity contribution is -0.128. The lowest BCUT2D eigenvalue weighted by atomic mass is 10.00. The van der Waals surface area contributed by atoms with Gasteiger partial charge in [0.1, 0.15) is 11.1 Å². The van der Waals surface area contributed by atoms with E-state index in [4.69, 9.17) is 4.42 Å². The van der Waals surface area contributed by atoms with E-state index in [0.29, 0.717) is 17.9 Å². The molecule has 0 radical (unpaired) electrons. The van der Waals surface area contributed by atoms with Gasteiger partial charge in [-0.15, -0.1) is 11.8 Å². The molecule has 0 unspecified atom stereocenters. The van der Waals surface area contributed by atoms with E-state index in [1.807, 2.05) is 48.2 Å². The van der Waals surface area contributed by atoms with Gasteiger partial charge in [-0.05, 0) is 61.7 Å². The number of nitrogens with one attached hydrogen (secondary N) is 1. The van der Waals surface area contributed by atoms with Crippen molar-refractivity contribution in [3.05, 3.63) is 94.4 Å². The molecule has 4 rings (SSSR count). The lowest BCUT2D eigenvalue weighted by Crippen LogP contribution is -2.28. The van der Waals surface area contributed by atoms with Crippen LogP contribution >= 0.6 is 11.8 Å². The molecule has 0 spiro atoms. The Balaban J connectivity index is 1.44. The van der Waals surface area contributed by atoms with E-state index < -0.39 is 0 Å². The number of rotatable bonds is 6. The molecular formula is C25H26N2O3S. The first-order valence-electron chi connectivity index (χ1n) is 10.3. The highest BCUT2D eigenvalue weighted by Crippen LogP contribution is 2.39. The molecule has 1 aromatic heterocycles. The van der Waals surface area contributed by atoms with Crippen molar-refractivity contribution in [1.29, 1.82) is 0 Å². The zero-order chi connectivity index (χ0) is 22.0. The molecule has 1 N–H and O–H groups in total. The Hall–Kier alpha value is -2.99. The van der Waals surface area contributed by atoms with E-state index in [-0.39, 0.29) is 23.2 Å². The number of carbonyl (C=O) groups excluding carboxylic acids is 2. The average molecular weight is 435 g/mol. The maximum absolute atomic E-state index is 12.8. The van der Waals surface area contributed by atoms with Crippen molar-refractivity contribution in [2.75, 3.05) is 5.75 Å². The smallest absolute Gasteiger partial charge is 0.251 e. The number of amides is 2. The molecule has 2 atom stereocenters. The Morgan fingerprint density at radius 2 is 1.97 bits per heavy atom. The molecule has 2 aromatic carbocycles. The summed E-state index contributed by atoms with van der Waals surface area (Å²) in [5, 5.41) is 3.01. The highest BCUT2D eigenvalue weighted by Gasteiger charge is 2.33. The first-order valence-corrected chi connectivity index (χ1v) is 11.4. The number of thioether (sulfide) groups is 1. The van der Waals surface area contributed by atoms with Crippen molar-refractivity contribution in [2.24, 2.45) is 0 Å². The molecule has 0 saturated carbocycles. The Kier molecular flexibility index (Phi) is 6.18. The van der Waals surface area contributed by atoms with Crippen molar-refractivity contribution in [3.63, 3.8) is 0 Å². The van der Waals surface area contributed by atoms with Crippen molar-refractivity contribution in [3.8, 4) is 0 Å². The molecule has 6 heteroatoms. The van der Waals surface area contributed by atoms with Crippen LogP contribution in [0.25, 0.3) is 0 Å². The summed E-state index contributed by atoms with van der Waals surface area (Å²) in [6.45, 7) is 6.57. The number of aryl methyl sites for hydroxylation is 2. The van der Waals surface area contributed by atoms with E-state index in [9.17, 15) is 9.59 Å². The third-order valence-corrected chi connectivity index (χ3v) is 6.83. The van der Waals surface area contributed by atoms with Gasteiger partial charge in [-0.3, -0.25) is 9.59 Å². The molecule has 5 nitrogen and oxygen atoms in total. The quantitative estimate of drug-likeness (QED) is 0.582. The van der Waals surface area contributed by atoms with Gasteiger partial charge in [0.15, 0.2) is 0 Å². The SMILES string of the molecule is Cc1ccc([C@@H](C)NC(=O)c2ccc([C@H]3SCC(=O)N3Cc3ccco3)cc2)c(C)c1. The number of carbonyl (C=O) groups is 2. The fraction of sp³-hybridized carbons (Fsp3) is 0.280. The number of nitrogens with zero attached hydrogens (tertiary/aromatic N) is 1. The monoisotopic (exact) mass is 434 g/mol. The van der Waals surface area contributed by atoms with Crippen LogP contribution in [0.3, 0.4) is 0 Å². The summed E-state index contributed by atoms with van der Waals surface area (Å²) in [5.74, 6) is 1.19. The lowest BCUT2D eigenvalue weighted by Gasteiger charge is -2.23. The van der Waals surface area contributed by atoms with Gasteiger partial charge in [-0.2, -0.15) is 0 Å². The minimum absolute atomic E-state index is 0.0798. The predicted octanol–water partition coefficient (Wildman–Crippen LogP) is 5.16. The maximum Gasteiger partial charge on any atom is 0.251 e.